The molecule has 3 aromatic carbocycles. The van der Waals surface area contributed by atoms with Crippen LogP contribution in [0.15, 0.2) is 54.6 Å². The average molecular weight is 529 g/mol. The van der Waals surface area contributed by atoms with Crippen LogP contribution in [-0.2, 0) is 11.3 Å². The van der Waals surface area contributed by atoms with Crippen molar-refractivity contribution in [1.82, 2.24) is 10.2 Å². The molecule has 1 aliphatic heterocycles. The van der Waals surface area contributed by atoms with E-state index in [1.807, 2.05) is 24.3 Å². The van der Waals surface area contributed by atoms with Crippen LogP contribution in [0, 0.1) is 0 Å². The molecule has 3 aromatic rings. The van der Waals surface area contributed by atoms with Gasteiger partial charge in [-0.15, -0.1) is 0 Å². The number of nitrogens with zero attached hydrogens (tertiary/aromatic N) is 1. The topological polar surface area (TPSA) is 148 Å². The van der Waals surface area contributed by atoms with E-state index < -0.39 is 5.91 Å². The number of fused-ring (bicyclic) bond motifs is 3. The Morgan fingerprint density at radius 1 is 1.10 bits per heavy atom. The predicted molar refractivity (Wildman–Crippen MR) is 149 cm³/mol. The van der Waals surface area contributed by atoms with Crippen LogP contribution in [0.5, 0.6) is 5.75 Å². The number of carbonyl (C=O) groups excluding carboxylic acids is 3. The highest BCUT2D eigenvalue weighted by Gasteiger charge is 2.30. The molecule has 0 saturated heterocycles. The maximum Gasteiger partial charge on any atom is 0.254 e. The summed E-state index contributed by atoms with van der Waals surface area (Å²) in [5, 5.41) is 14.7. The summed E-state index contributed by atoms with van der Waals surface area (Å²) < 4.78 is 5.51. The molecule has 39 heavy (non-hydrogen) atoms. The molecule has 0 spiro atoms. The minimum absolute atomic E-state index is 0.0238. The lowest BCUT2D eigenvalue weighted by Crippen LogP contribution is -2.38. The number of hydrogen-bond donors (Lipinski definition) is 4. The van der Waals surface area contributed by atoms with Crippen molar-refractivity contribution in [3.8, 4) is 16.9 Å². The highest BCUT2D eigenvalue weighted by molar-refractivity contribution is 6.06. The van der Waals surface area contributed by atoms with Gasteiger partial charge in [-0.3, -0.25) is 14.4 Å². The number of anilines is 1. The van der Waals surface area contributed by atoms with E-state index in [0.29, 0.717) is 49.1 Å². The van der Waals surface area contributed by atoms with Gasteiger partial charge in [-0.05, 0) is 77.4 Å². The van der Waals surface area contributed by atoms with Gasteiger partial charge in [0.15, 0.2) is 0 Å². The number of primary amides is 1. The Morgan fingerprint density at radius 2 is 1.82 bits per heavy atom. The van der Waals surface area contributed by atoms with Crippen molar-refractivity contribution >= 4 is 34.2 Å². The van der Waals surface area contributed by atoms with E-state index in [4.69, 9.17) is 16.2 Å². The van der Waals surface area contributed by atoms with E-state index in [0.717, 1.165) is 27.5 Å². The highest BCUT2D eigenvalue weighted by atomic mass is 16.5. The summed E-state index contributed by atoms with van der Waals surface area (Å²) in [6, 6.07) is 13.1. The van der Waals surface area contributed by atoms with Crippen LogP contribution in [0.3, 0.4) is 0 Å². The fourth-order valence-corrected chi connectivity index (χ4v) is 5.43. The van der Waals surface area contributed by atoms with Crippen molar-refractivity contribution in [2.24, 2.45) is 5.73 Å². The number of rotatable bonds is 7. The van der Waals surface area contributed by atoms with Crippen molar-refractivity contribution in [3.63, 3.8) is 0 Å². The maximum atomic E-state index is 13.2. The molecule has 0 unspecified atom stereocenters. The summed E-state index contributed by atoms with van der Waals surface area (Å²) in [5.74, 6) is -0.708. The molecule has 6 N–H and O–H groups in total. The molecule has 3 amide bonds. The molecule has 202 valence electrons. The van der Waals surface area contributed by atoms with Gasteiger partial charge in [0, 0.05) is 23.7 Å². The first-order chi connectivity index (χ1) is 18.7. The molecular formula is C30H32N4O5. The van der Waals surface area contributed by atoms with Gasteiger partial charge in [0.25, 0.3) is 11.8 Å². The van der Waals surface area contributed by atoms with E-state index >= 15 is 0 Å². The van der Waals surface area contributed by atoms with Crippen molar-refractivity contribution in [2.75, 3.05) is 19.4 Å². The molecule has 2 aliphatic rings. The van der Waals surface area contributed by atoms with E-state index in [2.05, 4.69) is 11.9 Å². The van der Waals surface area contributed by atoms with Gasteiger partial charge in [0.1, 0.15) is 5.75 Å². The number of hydrogen-bond acceptors (Lipinski definition) is 6. The van der Waals surface area contributed by atoms with Crippen LogP contribution < -0.4 is 21.5 Å². The summed E-state index contributed by atoms with van der Waals surface area (Å²) in [6.45, 7) is 4.08. The number of nitrogen functional groups attached to an aromatic ring is 1. The van der Waals surface area contributed by atoms with Crippen molar-refractivity contribution in [2.45, 2.75) is 44.4 Å². The quantitative estimate of drug-likeness (QED) is 0.274. The molecule has 9 heteroatoms. The lowest BCUT2D eigenvalue weighted by Gasteiger charge is -2.26. The zero-order chi connectivity index (χ0) is 27.8. The van der Waals surface area contributed by atoms with Gasteiger partial charge in [0.2, 0.25) is 5.91 Å². The third-order valence-electron chi connectivity index (χ3n) is 7.70. The fraction of sp³-hybridized carbons (Fsp3) is 0.300. The lowest BCUT2D eigenvalue weighted by molar-refractivity contribution is -0.114. The van der Waals surface area contributed by atoms with Gasteiger partial charge in [-0.2, -0.15) is 0 Å². The molecule has 1 heterocycles. The Morgan fingerprint density at radius 3 is 2.51 bits per heavy atom. The summed E-state index contributed by atoms with van der Waals surface area (Å²) in [4.78, 5) is 39.3. The summed E-state index contributed by atoms with van der Waals surface area (Å²) in [7, 11) is 1.51. The number of aliphatic hydroxyl groups is 1. The van der Waals surface area contributed by atoms with Crippen LogP contribution >= 0.6 is 0 Å². The Balaban J connectivity index is 1.49. The number of amides is 3. The maximum absolute atomic E-state index is 13.2. The fourth-order valence-electron chi connectivity index (χ4n) is 5.43. The highest BCUT2D eigenvalue weighted by Crippen LogP contribution is 2.37. The molecule has 0 bridgehead atoms. The average Bonchev–Trinajstić information content (AvgIpc) is 3.24. The third kappa shape index (κ3) is 5.05. The Hall–Kier alpha value is -4.37. The largest absolute Gasteiger partial charge is 0.495 e. The predicted octanol–water partition coefficient (Wildman–Crippen LogP) is 3.13. The van der Waals surface area contributed by atoms with Crippen LogP contribution in [0.25, 0.3) is 21.9 Å². The number of nitrogens with one attached hydrogen (secondary N) is 1. The number of ether oxygens (including phenoxy) is 1. The van der Waals surface area contributed by atoms with E-state index in [1.165, 1.54) is 7.11 Å². The molecule has 1 saturated carbocycles. The zero-order valence-electron chi connectivity index (χ0n) is 21.8. The number of aliphatic hydroxyl groups excluding tert-OH is 1. The van der Waals surface area contributed by atoms with Gasteiger partial charge >= 0.3 is 0 Å². The Kier molecular flexibility index (Phi) is 7.01. The molecule has 0 atom stereocenters. The van der Waals surface area contributed by atoms with Gasteiger partial charge in [-0.25, -0.2) is 0 Å². The smallest absolute Gasteiger partial charge is 0.254 e. The van der Waals surface area contributed by atoms with Crippen molar-refractivity contribution < 1.29 is 24.2 Å². The molecule has 0 radical (unpaired) electrons. The van der Waals surface area contributed by atoms with Crippen molar-refractivity contribution in [1.29, 1.82) is 0 Å². The molecule has 1 fully saturated rings. The van der Waals surface area contributed by atoms with Crippen molar-refractivity contribution in [3.05, 3.63) is 71.3 Å². The monoisotopic (exact) mass is 528 g/mol. The van der Waals surface area contributed by atoms with Crippen LogP contribution in [-0.4, -0.2) is 53.5 Å². The van der Waals surface area contributed by atoms with Gasteiger partial charge < -0.3 is 31.5 Å². The minimum atomic E-state index is -0.635. The zero-order valence-corrected chi connectivity index (χ0v) is 21.8. The van der Waals surface area contributed by atoms with Gasteiger partial charge in [-0.1, -0.05) is 24.8 Å². The number of nitrogens with two attached hydrogens (primary N) is 2. The molecule has 0 aromatic heterocycles. The van der Waals surface area contributed by atoms with E-state index in [-0.39, 0.29) is 41.8 Å². The van der Waals surface area contributed by atoms with Crippen LogP contribution in [0.1, 0.15) is 52.0 Å². The number of carbonyl (C=O) groups is 3. The van der Waals surface area contributed by atoms with E-state index in [9.17, 15) is 19.5 Å². The second-order valence-electron chi connectivity index (χ2n) is 10.3. The first-order valence-electron chi connectivity index (χ1n) is 13.0. The summed E-state index contributed by atoms with van der Waals surface area (Å²) in [6.07, 6.45) is 2.42. The first-order valence-corrected chi connectivity index (χ1v) is 13.0. The normalized spacial score (nSPS) is 18.6. The minimum Gasteiger partial charge on any atom is -0.495 e. The Labute approximate surface area is 226 Å². The SMILES string of the molecule is C=C(CN1Cc2c(ccc3ccc(-c4cc(OC)c(N)c(C(=O)NC5CCC(O)CC5)c4)cc23)C1=O)C(N)=O. The Bertz CT molecular complexity index is 1510. The third-order valence-corrected chi connectivity index (χ3v) is 7.70. The lowest BCUT2D eigenvalue weighted by atomic mass is 9.92. The van der Waals surface area contributed by atoms with E-state index in [1.54, 1.807) is 23.1 Å². The molecular weight excluding hydrogens is 496 g/mol. The standard InChI is InChI=1S/C30H32N4O5/c1-16(28(32)36)14-34-15-25-22(30(34)38)10-5-17-3-4-18(11-23(17)25)19-12-24(27(31)26(13-19)39-2)29(37)33-20-6-8-21(35)9-7-20/h3-5,10-13,20-21,35H,1,6-9,14-15,31H2,2H3,(H2,32,36)(H,33,37). The summed E-state index contributed by atoms with van der Waals surface area (Å²) >= 11 is 0. The number of benzene rings is 3. The second-order valence-corrected chi connectivity index (χ2v) is 10.3. The summed E-state index contributed by atoms with van der Waals surface area (Å²) in [5.41, 5.74) is 15.4. The molecule has 9 nitrogen and oxygen atoms in total. The second kappa shape index (κ2) is 10.4. The van der Waals surface area contributed by atoms with Crippen LogP contribution in [0.4, 0.5) is 5.69 Å². The molecule has 1 aliphatic carbocycles. The van der Waals surface area contributed by atoms with Crippen LogP contribution in [0.2, 0.25) is 0 Å². The molecule has 5 rings (SSSR count). The van der Waals surface area contributed by atoms with Gasteiger partial charge in [0.05, 0.1) is 31.0 Å². The number of methoxy groups -OCH3 is 1. The first kappa shape index (κ1) is 26.2.